The minimum Gasteiger partial charge on any atom is -0.449 e. The van der Waals surface area contributed by atoms with E-state index in [4.69, 9.17) is 14.2 Å². The quantitative estimate of drug-likeness (QED) is 0.469. The molecule has 2 fully saturated rings. The van der Waals surface area contributed by atoms with E-state index in [-0.39, 0.29) is 11.8 Å². The van der Waals surface area contributed by atoms with Crippen LogP contribution in [0.4, 0.5) is 0 Å². The minimum atomic E-state index is -0.967. The molecule has 0 aromatic rings. The number of nitrogens with zero attached hydrogens (tertiary/aromatic N) is 2. The van der Waals surface area contributed by atoms with Crippen molar-refractivity contribution in [1.29, 1.82) is 0 Å². The number of hydrogen-bond acceptors (Lipinski definition) is 7. The zero-order chi connectivity index (χ0) is 20.5. The summed E-state index contributed by atoms with van der Waals surface area (Å²) in [5.74, 6) is -2.20. The number of carbonyl (C=O) groups is 4. The van der Waals surface area contributed by atoms with Crippen LogP contribution in [0.2, 0.25) is 0 Å². The number of hydrogen-bond donors (Lipinski definition) is 0. The number of carbonyl (C=O) groups excluding carboxylic acids is 4. The van der Waals surface area contributed by atoms with Gasteiger partial charge in [-0.05, 0) is 33.1 Å². The first kappa shape index (κ1) is 21.9. The van der Waals surface area contributed by atoms with E-state index >= 15 is 0 Å². The highest BCUT2D eigenvalue weighted by molar-refractivity contribution is 5.94. The Labute approximate surface area is 164 Å². The molecule has 2 amide bonds. The zero-order valence-electron chi connectivity index (χ0n) is 16.4. The Bertz CT molecular complexity index is 555. The second-order valence-electron chi connectivity index (χ2n) is 6.82. The van der Waals surface area contributed by atoms with Crippen molar-refractivity contribution in [3.8, 4) is 0 Å². The molecule has 0 unspecified atom stereocenters. The predicted octanol–water partition coefficient (Wildman–Crippen LogP) is 0.277. The standard InChI is InChI=1S/C19H28N2O7/c1-14(18(24)20-8-4-3-5-9-20)27-16(22)6-7-17(23)28-15(2)19(25)21-10-12-26-13-11-21/h6-7,14-15H,3-5,8-13H2,1-2H3/b7-6+/t14-,15-/m0/s1. The Morgan fingerprint density at radius 3 is 1.64 bits per heavy atom. The van der Waals surface area contributed by atoms with E-state index < -0.39 is 24.1 Å². The molecule has 2 aliphatic rings. The fourth-order valence-corrected chi connectivity index (χ4v) is 3.08. The SMILES string of the molecule is C[C@H](OC(=O)/C=C/C(=O)O[C@@H](C)C(=O)N1CCOCC1)C(=O)N1CCCCC1. The minimum absolute atomic E-state index is 0.242. The van der Waals surface area contributed by atoms with Gasteiger partial charge in [-0.25, -0.2) is 9.59 Å². The summed E-state index contributed by atoms with van der Waals surface area (Å²) in [6.45, 7) is 6.11. The van der Waals surface area contributed by atoms with Crippen molar-refractivity contribution >= 4 is 23.8 Å². The van der Waals surface area contributed by atoms with Gasteiger partial charge in [-0.2, -0.15) is 0 Å². The first-order valence-electron chi connectivity index (χ1n) is 9.63. The molecule has 0 aliphatic carbocycles. The van der Waals surface area contributed by atoms with Gasteiger partial charge in [0.2, 0.25) is 0 Å². The molecule has 2 heterocycles. The monoisotopic (exact) mass is 396 g/mol. The molecule has 0 spiro atoms. The largest absolute Gasteiger partial charge is 0.449 e. The Balaban J connectivity index is 1.74. The molecule has 9 nitrogen and oxygen atoms in total. The lowest BCUT2D eigenvalue weighted by Gasteiger charge is -2.28. The molecule has 28 heavy (non-hydrogen) atoms. The summed E-state index contributed by atoms with van der Waals surface area (Å²) in [6.07, 6.45) is 2.88. The average Bonchev–Trinajstić information content (AvgIpc) is 2.72. The molecule has 0 bridgehead atoms. The zero-order valence-corrected chi connectivity index (χ0v) is 16.4. The van der Waals surface area contributed by atoms with Crippen LogP contribution in [0.25, 0.3) is 0 Å². The topological polar surface area (TPSA) is 102 Å². The molecular formula is C19H28N2O7. The van der Waals surface area contributed by atoms with Crippen LogP contribution in [0.15, 0.2) is 12.2 Å². The van der Waals surface area contributed by atoms with Crippen LogP contribution in [0.5, 0.6) is 0 Å². The summed E-state index contributed by atoms with van der Waals surface area (Å²) in [7, 11) is 0. The summed E-state index contributed by atoms with van der Waals surface area (Å²) >= 11 is 0. The summed E-state index contributed by atoms with van der Waals surface area (Å²) in [5.41, 5.74) is 0. The van der Waals surface area contributed by atoms with E-state index in [1.165, 1.54) is 13.8 Å². The molecule has 0 aromatic heterocycles. The van der Waals surface area contributed by atoms with Crippen molar-refractivity contribution in [2.24, 2.45) is 0 Å². The Hall–Kier alpha value is -2.42. The van der Waals surface area contributed by atoms with Gasteiger partial charge in [-0.3, -0.25) is 9.59 Å². The van der Waals surface area contributed by atoms with Gasteiger partial charge in [0.1, 0.15) is 0 Å². The number of morpholine rings is 1. The highest BCUT2D eigenvalue weighted by Gasteiger charge is 2.26. The van der Waals surface area contributed by atoms with Crippen molar-refractivity contribution < 1.29 is 33.4 Å². The third-order valence-corrected chi connectivity index (χ3v) is 4.63. The van der Waals surface area contributed by atoms with E-state index in [9.17, 15) is 19.2 Å². The molecule has 2 saturated heterocycles. The van der Waals surface area contributed by atoms with Crippen molar-refractivity contribution in [3.63, 3.8) is 0 Å². The van der Waals surface area contributed by atoms with Crippen LogP contribution in [0.3, 0.4) is 0 Å². The van der Waals surface area contributed by atoms with Crippen molar-refractivity contribution in [3.05, 3.63) is 12.2 Å². The average molecular weight is 396 g/mol. The Kier molecular flexibility index (Phi) is 8.43. The van der Waals surface area contributed by atoms with E-state index in [0.29, 0.717) is 39.4 Å². The first-order valence-corrected chi connectivity index (χ1v) is 9.63. The van der Waals surface area contributed by atoms with Crippen molar-refractivity contribution in [1.82, 2.24) is 9.80 Å². The Morgan fingerprint density at radius 1 is 0.750 bits per heavy atom. The normalized spacial score (nSPS) is 19.8. The summed E-state index contributed by atoms with van der Waals surface area (Å²) < 4.78 is 15.2. The maximum atomic E-state index is 12.2. The molecule has 9 heteroatoms. The van der Waals surface area contributed by atoms with Crippen LogP contribution < -0.4 is 0 Å². The molecular weight excluding hydrogens is 368 g/mol. The van der Waals surface area contributed by atoms with Crippen LogP contribution in [-0.2, 0) is 33.4 Å². The lowest BCUT2D eigenvalue weighted by atomic mass is 10.1. The maximum Gasteiger partial charge on any atom is 0.331 e. The number of likely N-dealkylation sites (tertiary alicyclic amines) is 1. The van der Waals surface area contributed by atoms with Gasteiger partial charge < -0.3 is 24.0 Å². The fourth-order valence-electron chi connectivity index (χ4n) is 3.08. The molecule has 0 radical (unpaired) electrons. The van der Waals surface area contributed by atoms with E-state index in [2.05, 4.69) is 0 Å². The molecule has 2 aliphatic heterocycles. The summed E-state index contributed by atoms with van der Waals surface area (Å²) in [5, 5.41) is 0. The van der Waals surface area contributed by atoms with Crippen LogP contribution in [-0.4, -0.2) is 85.2 Å². The van der Waals surface area contributed by atoms with Crippen molar-refractivity contribution in [2.45, 2.75) is 45.3 Å². The van der Waals surface area contributed by atoms with E-state index in [0.717, 1.165) is 31.4 Å². The van der Waals surface area contributed by atoms with Gasteiger partial charge in [0.05, 0.1) is 13.2 Å². The van der Waals surface area contributed by atoms with Crippen LogP contribution in [0.1, 0.15) is 33.1 Å². The molecule has 0 N–H and O–H groups in total. The number of ether oxygens (including phenoxy) is 3. The second kappa shape index (κ2) is 10.8. The molecule has 0 saturated carbocycles. The predicted molar refractivity (Wildman–Crippen MR) is 98.1 cm³/mol. The number of esters is 2. The smallest absolute Gasteiger partial charge is 0.331 e. The fraction of sp³-hybridized carbons (Fsp3) is 0.684. The van der Waals surface area contributed by atoms with Crippen LogP contribution in [0, 0.1) is 0 Å². The highest BCUT2D eigenvalue weighted by atomic mass is 16.6. The first-order chi connectivity index (χ1) is 13.4. The van der Waals surface area contributed by atoms with Gasteiger partial charge in [-0.15, -0.1) is 0 Å². The van der Waals surface area contributed by atoms with Crippen LogP contribution >= 0.6 is 0 Å². The van der Waals surface area contributed by atoms with E-state index in [1.807, 2.05) is 0 Å². The molecule has 156 valence electrons. The van der Waals surface area contributed by atoms with Gasteiger partial charge in [0, 0.05) is 38.3 Å². The van der Waals surface area contributed by atoms with Gasteiger partial charge in [0.25, 0.3) is 11.8 Å². The molecule has 0 aromatic carbocycles. The van der Waals surface area contributed by atoms with E-state index in [1.54, 1.807) is 9.80 Å². The number of rotatable bonds is 6. The number of amides is 2. The third kappa shape index (κ3) is 6.63. The lowest BCUT2D eigenvalue weighted by Crippen LogP contribution is -2.45. The van der Waals surface area contributed by atoms with Crippen molar-refractivity contribution in [2.75, 3.05) is 39.4 Å². The molecule has 2 rings (SSSR count). The number of piperidine rings is 1. The van der Waals surface area contributed by atoms with Gasteiger partial charge >= 0.3 is 11.9 Å². The maximum absolute atomic E-state index is 12.2. The summed E-state index contributed by atoms with van der Waals surface area (Å²) in [4.78, 5) is 51.3. The summed E-state index contributed by atoms with van der Waals surface area (Å²) in [6, 6.07) is 0. The van der Waals surface area contributed by atoms with Gasteiger partial charge in [0.15, 0.2) is 12.2 Å². The lowest BCUT2D eigenvalue weighted by molar-refractivity contribution is -0.158. The Morgan fingerprint density at radius 2 is 1.18 bits per heavy atom. The second-order valence-corrected chi connectivity index (χ2v) is 6.82. The third-order valence-electron chi connectivity index (χ3n) is 4.63. The highest BCUT2D eigenvalue weighted by Crippen LogP contribution is 2.11. The molecule has 2 atom stereocenters. The van der Waals surface area contributed by atoms with Gasteiger partial charge in [-0.1, -0.05) is 0 Å².